The van der Waals surface area contributed by atoms with Gasteiger partial charge in [0.1, 0.15) is 0 Å². The molecule has 311 valence electrons. The van der Waals surface area contributed by atoms with Gasteiger partial charge in [-0.05, 0) is 0 Å². The second-order valence-electron chi connectivity index (χ2n) is 21.9. The van der Waals surface area contributed by atoms with Crippen molar-refractivity contribution in [3.63, 3.8) is 0 Å². The summed E-state index contributed by atoms with van der Waals surface area (Å²) < 4.78 is 12.4. The van der Waals surface area contributed by atoms with Crippen molar-refractivity contribution in [1.82, 2.24) is 0 Å². The zero-order chi connectivity index (χ0) is 43.3. The van der Waals surface area contributed by atoms with Crippen molar-refractivity contribution >= 4 is 35.3 Å². The molecule has 2 unspecified atom stereocenters. The van der Waals surface area contributed by atoms with Crippen LogP contribution in [-0.4, -0.2) is 20.2 Å². The maximum atomic E-state index is 8.84. The van der Waals surface area contributed by atoms with Gasteiger partial charge in [0.15, 0.2) is 0 Å². The van der Waals surface area contributed by atoms with E-state index in [0.29, 0.717) is 0 Å². The van der Waals surface area contributed by atoms with Crippen LogP contribution in [-0.2, 0) is 37.0 Å². The van der Waals surface area contributed by atoms with Gasteiger partial charge in [0, 0.05) is 0 Å². The summed E-state index contributed by atoms with van der Waals surface area (Å²) in [6.45, 7) is 37.0. The second kappa shape index (κ2) is 14.9. The first-order valence-electron chi connectivity index (χ1n) is 21.2. The van der Waals surface area contributed by atoms with Crippen molar-refractivity contribution in [3.05, 3.63) is 116 Å². The van der Waals surface area contributed by atoms with Crippen molar-refractivity contribution in [2.45, 2.75) is 139 Å². The first-order chi connectivity index (χ1) is 26.5. The first-order valence-corrected chi connectivity index (χ1v) is 43.4. The predicted molar refractivity (Wildman–Crippen MR) is 255 cm³/mol. The molecule has 6 heteroatoms. The Bertz CT molecular complexity index is 2130. The molecule has 2 aliphatic rings. The molecular weight excluding hydrogens is 934 g/mol. The molecule has 0 saturated heterocycles. The summed E-state index contributed by atoms with van der Waals surface area (Å²) in [6, 6.07) is 23.2. The van der Waals surface area contributed by atoms with Gasteiger partial charge in [-0.1, -0.05) is 0 Å². The molecule has 2 nitrogen and oxygen atoms in total. The van der Waals surface area contributed by atoms with Gasteiger partial charge in [-0.2, -0.15) is 0 Å². The zero-order valence-electron chi connectivity index (χ0n) is 38.7. The third kappa shape index (κ3) is 7.62. The van der Waals surface area contributed by atoms with Gasteiger partial charge >= 0.3 is 363 Å². The van der Waals surface area contributed by atoms with Crippen LogP contribution in [0, 0.1) is 0 Å². The number of fused-ring (bicyclic) bond motifs is 2. The Kier molecular flexibility index (Phi) is 11.6. The summed E-state index contributed by atoms with van der Waals surface area (Å²) in [6.07, 6.45) is 4.79. The molecule has 6 rings (SSSR count). The van der Waals surface area contributed by atoms with Crippen LogP contribution in [0.15, 0.2) is 71.8 Å². The third-order valence-corrected chi connectivity index (χ3v) is 86.6. The molecule has 4 aromatic rings. The maximum absolute atomic E-state index is 8.84. The van der Waals surface area contributed by atoms with Gasteiger partial charge in [-0.3, -0.25) is 0 Å². The average Bonchev–Trinajstić information content (AvgIpc) is 3.66. The number of hydrogen-bond donors (Lipinski definition) is 0. The monoisotopic (exact) mass is 1000 g/mol. The minimum atomic E-state index is -5.32. The fourth-order valence-electron chi connectivity index (χ4n) is 9.63. The number of benzene rings is 4. The molecular formula is C52H69Cl2HfO2Si. The molecule has 0 N–H and O–H groups in total. The van der Waals surface area contributed by atoms with Gasteiger partial charge in [-0.15, -0.1) is 0 Å². The molecule has 0 fully saturated rings. The summed E-state index contributed by atoms with van der Waals surface area (Å²) >= 11 is -5.32. The molecule has 58 heavy (non-hydrogen) atoms. The summed E-state index contributed by atoms with van der Waals surface area (Å²) in [5.74, 6) is -0.0875. The minimum absolute atomic E-state index is 0.00832. The van der Waals surface area contributed by atoms with Crippen LogP contribution in [0.4, 0.5) is 0 Å². The Morgan fingerprint density at radius 3 is 1.03 bits per heavy atom. The summed E-state index contributed by atoms with van der Waals surface area (Å²) in [7, 11) is 21.3. The van der Waals surface area contributed by atoms with E-state index in [4.69, 9.17) is 26.6 Å². The Morgan fingerprint density at radius 2 is 0.793 bits per heavy atom. The molecule has 0 radical (unpaired) electrons. The molecule has 2 atom stereocenters. The Labute approximate surface area is 360 Å². The standard InChI is InChI=1S/2C25H31O.C2H7Si.2ClH.Hf/c2*1-16-11-21-20(9-10-23(26-8)22(21)12-16)17-13-18(24(2,3)4)15-19(14-17)25(5,6)7;1-3-2;;;/h2*9-15H,1-8H3;3H,1-2H3;2*1H;/q;;;;;+2/p-2. The predicted octanol–water partition coefficient (Wildman–Crippen LogP) is 15.8. The molecule has 0 spiro atoms. The van der Waals surface area contributed by atoms with Crippen LogP contribution < -0.4 is 9.47 Å². The molecule has 0 aliphatic heterocycles. The number of hydrogen-bond acceptors (Lipinski definition) is 2. The second-order valence-corrected chi connectivity index (χ2v) is 81.2. The van der Waals surface area contributed by atoms with Crippen LogP contribution in [0.25, 0.3) is 34.4 Å². The van der Waals surface area contributed by atoms with Gasteiger partial charge in [0.05, 0.1) is 0 Å². The van der Waals surface area contributed by atoms with E-state index in [9.17, 15) is 0 Å². The zero-order valence-corrected chi connectivity index (χ0v) is 45.0. The first kappa shape index (κ1) is 45.2. The SMILES string of the molecule is COc1ccc(-c2cc(C(C)(C)C)cc(C(C)(C)C)c2)c2c1[CH]([Hf]([Cl])([Cl])([CH]1C(C)=Cc3c(-c4cc(C(C)(C)C)cc(C(C)(C)C)c4)ccc(OC)c31)[SiH](C)C)C(C)=C2. The van der Waals surface area contributed by atoms with E-state index >= 15 is 0 Å². The topological polar surface area (TPSA) is 18.5 Å². The summed E-state index contributed by atoms with van der Waals surface area (Å²) in [5.41, 5.74) is 17.4. The quantitative estimate of drug-likeness (QED) is 0.172. The van der Waals surface area contributed by atoms with Crippen molar-refractivity contribution in [2.75, 3.05) is 14.2 Å². The van der Waals surface area contributed by atoms with Crippen LogP contribution >= 0.6 is 17.2 Å². The van der Waals surface area contributed by atoms with E-state index in [1.54, 1.807) is 14.2 Å². The average molecular weight is 1000 g/mol. The Hall–Kier alpha value is -2.37. The van der Waals surface area contributed by atoms with Crippen molar-refractivity contribution in [2.24, 2.45) is 0 Å². The molecule has 0 bridgehead atoms. The molecule has 0 aromatic heterocycles. The number of halogens is 2. The van der Waals surface area contributed by atoms with E-state index in [-0.39, 0.29) is 29.0 Å². The molecule has 2 aliphatic carbocycles. The number of rotatable bonds is 7. The van der Waals surface area contributed by atoms with Crippen LogP contribution in [0.5, 0.6) is 11.5 Å². The molecule has 0 heterocycles. The Morgan fingerprint density at radius 1 is 0.500 bits per heavy atom. The van der Waals surface area contributed by atoms with Gasteiger partial charge in [-0.25, -0.2) is 0 Å². The van der Waals surface area contributed by atoms with E-state index in [1.807, 2.05) is 0 Å². The van der Waals surface area contributed by atoms with Gasteiger partial charge in [0.2, 0.25) is 0 Å². The van der Waals surface area contributed by atoms with Crippen LogP contribution in [0.1, 0.15) is 149 Å². The Balaban J connectivity index is 1.63. The number of methoxy groups -OCH3 is 2. The van der Waals surface area contributed by atoms with Crippen molar-refractivity contribution < 1.29 is 24.8 Å². The van der Waals surface area contributed by atoms with Crippen molar-refractivity contribution in [3.8, 4) is 33.8 Å². The summed E-state index contributed by atoms with van der Waals surface area (Å²) in [4.78, 5) is 0. The van der Waals surface area contributed by atoms with Crippen molar-refractivity contribution in [1.29, 1.82) is 0 Å². The third-order valence-electron chi connectivity index (χ3n) is 13.3. The fraction of sp³-hybridized carbons (Fsp3) is 0.462. The number of allylic oxidation sites excluding steroid dienone is 2. The van der Waals surface area contributed by atoms with Gasteiger partial charge < -0.3 is 0 Å². The van der Waals surface area contributed by atoms with E-state index in [0.717, 1.165) is 11.5 Å². The molecule has 0 amide bonds. The fourth-order valence-corrected chi connectivity index (χ4v) is 55.7. The van der Waals surface area contributed by atoms with Crippen LogP contribution in [0.3, 0.4) is 0 Å². The number of ether oxygens (including phenoxy) is 2. The molecule has 4 aromatic carbocycles. The van der Waals surface area contributed by atoms with E-state index in [2.05, 4.69) is 183 Å². The van der Waals surface area contributed by atoms with E-state index < -0.39 is 21.3 Å². The van der Waals surface area contributed by atoms with Crippen LogP contribution in [0.2, 0.25) is 13.1 Å². The molecule has 0 saturated carbocycles. The summed E-state index contributed by atoms with van der Waals surface area (Å²) in [5, 5.41) is 0. The van der Waals surface area contributed by atoms with Gasteiger partial charge in [0.25, 0.3) is 0 Å². The van der Waals surface area contributed by atoms with E-state index in [1.165, 1.54) is 77.9 Å². The normalized spacial score (nSPS) is 18.1.